The Bertz CT molecular complexity index is 903. The molecule has 8 heteroatoms. The van der Waals surface area contributed by atoms with Gasteiger partial charge in [-0.1, -0.05) is 18.2 Å². The van der Waals surface area contributed by atoms with E-state index in [0.717, 1.165) is 42.0 Å². The standard InChI is InChI=1S/C18H20N6O2/c1-26-15-4-2-3-13-5-6-14(21-16(13)15)11-23-7-9-24(10-8-23)18(25)17-19-12-20-22-17/h2-6,12H,7-11H2,1H3,(H,19,20,22). The summed E-state index contributed by atoms with van der Waals surface area (Å²) in [6, 6.07) is 10.0. The number of nitrogens with zero attached hydrogens (tertiary/aromatic N) is 5. The first-order chi connectivity index (χ1) is 12.7. The Balaban J connectivity index is 1.41. The van der Waals surface area contributed by atoms with Crippen molar-refractivity contribution in [3.63, 3.8) is 0 Å². The van der Waals surface area contributed by atoms with Crippen molar-refractivity contribution >= 4 is 16.8 Å². The van der Waals surface area contributed by atoms with Gasteiger partial charge in [-0.3, -0.25) is 14.8 Å². The molecule has 26 heavy (non-hydrogen) atoms. The molecule has 2 aromatic heterocycles. The molecule has 1 aliphatic heterocycles. The molecule has 1 aromatic carbocycles. The van der Waals surface area contributed by atoms with Gasteiger partial charge in [0.25, 0.3) is 5.91 Å². The van der Waals surface area contributed by atoms with Crippen molar-refractivity contribution in [3.05, 3.63) is 48.2 Å². The number of benzene rings is 1. The number of para-hydroxylation sites is 1. The zero-order chi connectivity index (χ0) is 17.9. The number of ether oxygens (including phenoxy) is 1. The van der Waals surface area contributed by atoms with Crippen LogP contribution in [-0.2, 0) is 6.54 Å². The Morgan fingerprint density at radius 3 is 2.77 bits per heavy atom. The molecular weight excluding hydrogens is 332 g/mol. The highest BCUT2D eigenvalue weighted by Gasteiger charge is 2.24. The van der Waals surface area contributed by atoms with Gasteiger partial charge < -0.3 is 9.64 Å². The SMILES string of the molecule is COc1cccc2ccc(CN3CCN(C(=O)c4ncn[nH]4)CC3)nc12. The van der Waals surface area contributed by atoms with E-state index in [1.54, 1.807) is 12.0 Å². The zero-order valence-electron chi connectivity index (χ0n) is 14.6. The van der Waals surface area contributed by atoms with E-state index in [0.29, 0.717) is 18.9 Å². The van der Waals surface area contributed by atoms with Gasteiger partial charge in [0.2, 0.25) is 5.82 Å². The smallest absolute Gasteiger partial charge is 0.291 e. The minimum Gasteiger partial charge on any atom is -0.494 e. The van der Waals surface area contributed by atoms with Crippen LogP contribution in [0.1, 0.15) is 16.3 Å². The first kappa shape index (κ1) is 16.5. The van der Waals surface area contributed by atoms with Crippen molar-refractivity contribution in [2.45, 2.75) is 6.54 Å². The number of carbonyl (C=O) groups excluding carboxylic acids is 1. The van der Waals surface area contributed by atoms with Gasteiger partial charge in [-0.15, -0.1) is 0 Å². The summed E-state index contributed by atoms with van der Waals surface area (Å²) in [5.41, 5.74) is 1.88. The van der Waals surface area contributed by atoms with Crippen molar-refractivity contribution in [3.8, 4) is 5.75 Å². The first-order valence-corrected chi connectivity index (χ1v) is 8.54. The number of nitrogens with one attached hydrogen (secondary N) is 1. The fraction of sp³-hybridized carbons (Fsp3) is 0.333. The summed E-state index contributed by atoms with van der Waals surface area (Å²) in [7, 11) is 1.66. The van der Waals surface area contributed by atoms with Gasteiger partial charge in [-0.25, -0.2) is 9.97 Å². The molecule has 0 unspecified atom stereocenters. The summed E-state index contributed by atoms with van der Waals surface area (Å²) < 4.78 is 5.41. The van der Waals surface area contributed by atoms with E-state index in [9.17, 15) is 4.79 Å². The van der Waals surface area contributed by atoms with Crippen LogP contribution in [0.3, 0.4) is 0 Å². The largest absolute Gasteiger partial charge is 0.494 e. The zero-order valence-corrected chi connectivity index (χ0v) is 14.6. The third kappa shape index (κ3) is 3.23. The van der Waals surface area contributed by atoms with Gasteiger partial charge in [-0.05, 0) is 12.1 Å². The lowest BCUT2D eigenvalue weighted by Gasteiger charge is -2.34. The number of carbonyl (C=O) groups is 1. The molecule has 0 aliphatic carbocycles. The van der Waals surface area contributed by atoms with Crippen LogP contribution in [0.25, 0.3) is 10.9 Å². The highest BCUT2D eigenvalue weighted by molar-refractivity contribution is 5.90. The molecule has 0 radical (unpaired) electrons. The first-order valence-electron chi connectivity index (χ1n) is 8.54. The number of methoxy groups -OCH3 is 1. The van der Waals surface area contributed by atoms with Crippen LogP contribution in [0.5, 0.6) is 5.75 Å². The van der Waals surface area contributed by atoms with Crippen LogP contribution in [0.2, 0.25) is 0 Å². The lowest BCUT2D eigenvalue weighted by Crippen LogP contribution is -2.48. The van der Waals surface area contributed by atoms with E-state index < -0.39 is 0 Å². The van der Waals surface area contributed by atoms with Crippen molar-refractivity contribution in [2.24, 2.45) is 0 Å². The molecule has 4 rings (SSSR count). The number of aromatic nitrogens is 4. The predicted octanol–water partition coefficient (Wildman–Crippen LogP) is 1.32. The Morgan fingerprint density at radius 1 is 1.19 bits per heavy atom. The van der Waals surface area contributed by atoms with E-state index in [1.807, 2.05) is 24.3 Å². The van der Waals surface area contributed by atoms with Gasteiger partial charge in [-0.2, -0.15) is 5.10 Å². The molecule has 0 spiro atoms. The fourth-order valence-electron chi connectivity index (χ4n) is 3.21. The Labute approximate surface area is 150 Å². The number of fused-ring (bicyclic) bond motifs is 1. The third-order valence-electron chi connectivity index (χ3n) is 4.62. The molecule has 1 N–H and O–H groups in total. The Hall–Kier alpha value is -3.00. The molecule has 8 nitrogen and oxygen atoms in total. The van der Waals surface area contributed by atoms with Crippen molar-refractivity contribution in [1.82, 2.24) is 30.0 Å². The molecule has 1 aliphatic rings. The Morgan fingerprint density at radius 2 is 2.04 bits per heavy atom. The average Bonchev–Trinajstić information content (AvgIpc) is 3.22. The van der Waals surface area contributed by atoms with Crippen LogP contribution in [0, 0.1) is 0 Å². The summed E-state index contributed by atoms with van der Waals surface area (Å²) in [6.45, 7) is 3.67. The Kier molecular flexibility index (Phi) is 4.49. The van der Waals surface area contributed by atoms with Crippen molar-refractivity contribution < 1.29 is 9.53 Å². The molecule has 1 amide bonds. The minimum absolute atomic E-state index is 0.101. The normalized spacial score (nSPS) is 15.3. The number of hydrogen-bond acceptors (Lipinski definition) is 6. The van der Waals surface area contributed by atoms with Gasteiger partial charge in [0.05, 0.1) is 12.8 Å². The summed E-state index contributed by atoms with van der Waals surface area (Å²) in [5, 5.41) is 7.43. The second kappa shape index (κ2) is 7.09. The van der Waals surface area contributed by atoms with E-state index in [-0.39, 0.29) is 5.91 Å². The van der Waals surface area contributed by atoms with E-state index in [2.05, 4.69) is 26.1 Å². The topological polar surface area (TPSA) is 87.2 Å². The molecule has 3 aromatic rings. The minimum atomic E-state index is -0.101. The molecule has 0 saturated carbocycles. The fourth-order valence-corrected chi connectivity index (χ4v) is 3.21. The number of rotatable bonds is 4. The molecule has 0 bridgehead atoms. The molecular formula is C18H20N6O2. The van der Waals surface area contributed by atoms with E-state index >= 15 is 0 Å². The second-order valence-electron chi connectivity index (χ2n) is 6.24. The lowest BCUT2D eigenvalue weighted by atomic mass is 10.2. The summed E-state index contributed by atoms with van der Waals surface area (Å²) >= 11 is 0. The number of hydrogen-bond donors (Lipinski definition) is 1. The highest BCUT2D eigenvalue weighted by atomic mass is 16.5. The quantitative estimate of drug-likeness (QED) is 0.762. The number of aromatic amines is 1. The maximum Gasteiger partial charge on any atom is 0.291 e. The maximum absolute atomic E-state index is 12.3. The number of H-pyrrole nitrogens is 1. The van der Waals surface area contributed by atoms with Gasteiger partial charge in [0, 0.05) is 38.1 Å². The number of amides is 1. The highest BCUT2D eigenvalue weighted by Crippen LogP contribution is 2.24. The van der Waals surface area contributed by atoms with Gasteiger partial charge in [0.1, 0.15) is 17.6 Å². The van der Waals surface area contributed by atoms with Crippen LogP contribution >= 0.6 is 0 Å². The molecule has 3 heterocycles. The van der Waals surface area contributed by atoms with Crippen LogP contribution < -0.4 is 4.74 Å². The molecule has 0 atom stereocenters. The predicted molar refractivity (Wildman–Crippen MR) is 95.9 cm³/mol. The van der Waals surface area contributed by atoms with Gasteiger partial charge in [0.15, 0.2) is 0 Å². The van der Waals surface area contributed by atoms with E-state index in [4.69, 9.17) is 9.72 Å². The number of pyridine rings is 1. The maximum atomic E-state index is 12.3. The van der Waals surface area contributed by atoms with Crippen LogP contribution in [0.15, 0.2) is 36.7 Å². The molecule has 1 saturated heterocycles. The summed E-state index contributed by atoms with van der Waals surface area (Å²) in [6.07, 6.45) is 1.35. The third-order valence-corrected chi connectivity index (χ3v) is 4.62. The second-order valence-corrected chi connectivity index (χ2v) is 6.24. The molecule has 134 valence electrons. The van der Waals surface area contributed by atoms with Crippen LogP contribution in [-0.4, -0.2) is 69.2 Å². The van der Waals surface area contributed by atoms with Crippen molar-refractivity contribution in [1.29, 1.82) is 0 Å². The van der Waals surface area contributed by atoms with Gasteiger partial charge >= 0.3 is 0 Å². The summed E-state index contributed by atoms with van der Waals surface area (Å²) in [5.74, 6) is 0.976. The van der Waals surface area contributed by atoms with E-state index in [1.165, 1.54) is 6.33 Å². The monoisotopic (exact) mass is 352 g/mol. The lowest BCUT2D eigenvalue weighted by molar-refractivity contribution is 0.0615. The summed E-state index contributed by atoms with van der Waals surface area (Å²) in [4.78, 5) is 25.1. The molecule has 1 fully saturated rings. The van der Waals surface area contributed by atoms with Crippen molar-refractivity contribution in [2.75, 3.05) is 33.3 Å². The van der Waals surface area contributed by atoms with Crippen LogP contribution in [0.4, 0.5) is 0 Å². The number of piperazine rings is 1. The average molecular weight is 352 g/mol.